The third-order valence-electron chi connectivity index (χ3n) is 3.39. The van der Waals surface area contributed by atoms with Crippen LogP contribution in [0, 0.1) is 0 Å². The Labute approximate surface area is 128 Å². The molecular weight excluding hydrogens is 286 g/mol. The summed E-state index contributed by atoms with van der Waals surface area (Å²) in [7, 11) is 0. The third-order valence-corrected chi connectivity index (χ3v) is 4.34. The molecule has 2 rings (SSSR count). The summed E-state index contributed by atoms with van der Waals surface area (Å²) >= 11 is 1.70. The number of aryl methyl sites for hydroxylation is 2. The first-order valence-corrected chi connectivity index (χ1v) is 8.07. The van der Waals surface area contributed by atoms with Gasteiger partial charge in [-0.25, -0.2) is 9.78 Å². The van der Waals surface area contributed by atoms with Crippen LogP contribution in [0.1, 0.15) is 47.5 Å². The summed E-state index contributed by atoms with van der Waals surface area (Å²) in [5.41, 5.74) is 7.66. The fraction of sp³-hybridized carbons (Fsp3) is 0.467. The number of carbonyl (C=O) groups is 1. The molecule has 0 aliphatic carbocycles. The van der Waals surface area contributed by atoms with Crippen molar-refractivity contribution < 1.29 is 9.53 Å². The van der Waals surface area contributed by atoms with Gasteiger partial charge in [-0.15, -0.1) is 11.3 Å². The van der Waals surface area contributed by atoms with E-state index in [-0.39, 0.29) is 5.69 Å². The highest BCUT2D eigenvalue weighted by Gasteiger charge is 2.21. The second kappa shape index (κ2) is 6.76. The number of thiophene rings is 1. The van der Waals surface area contributed by atoms with E-state index in [1.807, 2.05) is 11.5 Å². The highest BCUT2D eigenvalue weighted by Crippen LogP contribution is 2.23. The van der Waals surface area contributed by atoms with Gasteiger partial charge in [0.15, 0.2) is 5.69 Å². The Balaban J connectivity index is 2.36. The highest BCUT2D eigenvalue weighted by molar-refractivity contribution is 7.10. The van der Waals surface area contributed by atoms with E-state index in [1.54, 1.807) is 18.3 Å². The van der Waals surface area contributed by atoms with Gasteiger partial charge in [0.2, 0.25) is 0 Å². The summed E-state index contributed by atoms with van der Waals surface area (Å²) < 4.78 is 6.92. The van der Waals surface area contributed by atoms with E-state index in [4.69, 9.17) is 10.5 Å². The molecule has 0 aliphatic heterocycles. The predicted molar refractivity (Wildman–Crippen MR) is 84.8 cm³/mol. The second-order valence-electron chi connectivity index (χ2n) is 4.64. The minimum atomic E-state index is -0.453. The largest absolute Gasteiger partial charge is 0.461 e. The van der Waals surface area contributed by atoms with E-state index < -0.39 is 5.97 Å². The van der Waals surface area contributed by atoms with Gasteiger partial charge in [0.05, 0.1) is 13.2 Å². The van der Waals surface area contributed by atoms with Gasteiger partial charge in [0.25, 0.3) is 0 Å². The zero-order chi connectivity index (χ0) is 15.4. The Morgan fingerprint density at radius 3 is 2.76 bits per heavy atom. The van der Waals surface area contributed by atoms with Crippen LogP contribution in [0.3, 0.4) is 0 Å². The lowest BCUT2D eigenvalue weighted by Gasteiger charge is -2.09. The number of nitrogen functional groups attached to an aromatic ring is 1. The summed E-state index contributed by atoms with van der Waals surface area (Å²) in [5.74, 6) is 0.747. The number of esters is 1. The smallest absolute Gasteiger partial charge is 0.360 e. The quantitative estimate of drug-likeness (QED) is 0.833. The minimum Gasteiger partial charge on any atom is -0.461 e. The number of rotatable bonds is 6. The van der Waals surface area contributed by atoms with Gasteiger partial charge in [0.1, 0.15) is 11.6 Å². The van der Waals surface area contributed by atoms with Crippen molar-refractivity contribution in [1.82, 2.24) is 9.55 Å². The molecule has 5 nitrogen and oxygen atoms in total. The topological polar surface area (TPSA) is 70.1 Å². The number of nitrogens with zero attached hydrogens (tertiary/aromatic N) is 2. The summed E-state index contributed by atoms with van der Waals surface area (Å²) in [6, 6.07) is 2.13. The van der Waals surface area contributed by atoms with E-state index in [0.717, 1.165) is 18.7 Å². The average Bonchev–Trinajstić information content (AvgIpc) is 3.05. The molecule has 2 aromatic heterocycles. The minimum absolute atomic E-state index is 0.225. The molecule has 6 heteroatoms. The average molecular weight is 307 g/mol. The van der Waals surface area contributed by atoms with Crippen LogP contribution >= 0.6 is 11.3 Å². The van der Waals surface area contributed by atoms with E-state index in [1.165, 1.54) is 10.4 Å². The molecule has 0 fully saturated rings. The summed E-state index contributed by atoms with van der Waals surface area (Å²) in [6.45, 7) is 6.88. The summed E-state index contributed by atoms with van der Waals surface area (Å²) in [5, 5.41) is 2.08. The zero-order valence-electron chi connectivity index (χ0n) is 12.7. The lowest BCUT2D eigenvalue weighted by Crippen LogP contribution is -2.11. The van der Waals surface area contributed by atoms with Crippen molar-refractivity contribution in [1.29, 1.82) is 0 Å². The molecule has 0 atom stereocenters. The number of hydrogen-bond acceptors (Lipinski definition) is 5. The van der Waals surface area contributed by atoms with Crippen molar-refractivity contribution in [3.63, 3.8) is 0 Å². The first kappa shape index (κ1) is 15.6. The fourth-order valence-electron chi connectivity index (χ4n) is 2.27. The third kappa shape index (κ3) is 3.10. The Bertz CT molecular complexity index is 631. The normalized spacial score (nSPS) is 10.8. The van der Waals surface area contributed by atoms with E-state index >= 15 is 0 Å². The molecule has 0 spiro atoms. The van der Waals surface area contributed by atoms with Crippen molar-refractivity contribution in [2.45, 2.75) is 40.2 Å². The van der Waals surface area contributed by atoms with Crippen LogP contribution in [-0.2, 0) is 24.1 Å². The molecular formula is C15H21N3O2S. The number of carbonyl (C=O) groups excluding carboxylic acids is 1. The molecule has 2 heterocycles. The van der Waals surface area contributed by atoms with Crippen LogP contribution in [0.15, 0.2) is 11.4 Å². The molecule has 21 heavy (non-hydrogen) atoms. The maximum absolute atomic E-state index is 11.9. The van der Waals surface area contributed by atoms with Crippen molar-refractivity contribution in [2.75, 3.05) is 12.3 Å². The molecule has 0 aromatic carbocycles. The molecule has 0 bridgehead atoms. The Morgan fingerprint density at radius 1 is 1.38 bits per heavy atom. The van der Waals surface area contributed by atoms with Gasteiger partial charge >= 0.3 is 5.97 Å². The molecule has 2 aromatic rings. The number of hydrogen-bond donors (Lipinski definition) is 1. The van der Waals surface area contributed by atoms with E-state index in [2.05, 4.69) is 23.4 Å². The van der Waals surface area contributed by atoms with Gasteiger partial charge in [-0.1, -0.05) is 13.8 Å². The maximum atomic E-state index is 11.9. The molecule has 0 saturated heterocycles. The predicted octanol–water partition coefficient (Wildman–Crippen LogP) is 2.88. The van der Waals surface area contributed by atoms with E-state index in [9.17, 15) is 4.79 Å². The number of aromatic nitrogens is 2. The number of imidazole rings is 1. The number of anilines is 1. The fourth-order valence-corrected chi connectivity index (χ4v) is 3.24. The summed E-state index contributed by atoms with van der Waals surface area (Å²) in [6.07, 6.45) is 1.70. The second-order valence-corrected chi connectivity index (χ2v) is 5.65. The molecule has 0 radical (unpaired) electrons. The van der Waals surface area contributed by atoms with Crippen LogP contribution in [0.4, 0.5) is 5.82 Å². The first-order valence-electron chi connectivity index (χ1n) is 7.19. The van der Waals surface area contributed by atoms with Crippen LogP contribution in [0.25, 0.3) is 0 Å². The number of ether oxygens (including phenoxy) is 1. The molecule has 0 saturated carbocycles. The van der Waals surface area contributed by atoms with Crippen molar-refractivity contribution in [3.8, 4) is 0 Å². The van der Waals surface area contributed by atoms with Gasteiger partial charge < -0.3 is 15.0 Å². The van der Waals surface area contributed by atoms with Crippen molar-refractivity contribution >= 4 is 23.1 Å². The lowest BCUT2D eigenvalue weighted by atomic mass is 10.2. The SMILES string of the molecule is CCOC(=O)c1nc(CC)n(Cc2sccc2CC)c1N. The van der Waals surface area contributed by atoms with Gasteiger partial charge in [-0.2, -0.15) is 0 Å². The van der Waals surface area contributed by atoms with Gasteiger partial charge in [-0.05, 0) is 30.4 Å². The Kier molecular flexibility index (Phi) is 5.01. The monoisotopic (exact) mass is 307 g/mol. The van der Waals surface area contributed by atoms with E-state index in [0.29, 0.717) is 19.0 Å². The van der Waals surface area contributed by atoms with Crippen molar-refractivity contribution in [3.05, 3.63) is 33.4 Å². The molecule has 0 unspecified atom stereocenters. The molecule has 0 aliphatic rings. The molecule has 2 N–H and O–H groups in total. The van der Waals surface area contributed by atoms with Gasteiger partial charge in [0, 0.05) is 11.3 Å². The van der Waals surface area contributed by atoms with Crippen LogP contribution in [0.2, 0.25) is 0 Å². The Morgan fingerprint density at radius 2 is 2.14 bits per heavy atom. The molecule has 114 valence electrons. The van der Waals surface area contributed by atoms with Gasteiger partial charge in [-0.3, -0.25) is 0 Å². The maximum Gasteiger partial charge on any atom is 0.360 e. The standard InChI is InChI=1S/C15H21N3O2S/c1-4-10-7-8-21-11(10)9-18-12(5-2)17-13(14(18)16)15(19)20-6-3/h7-8H,4-6,9,16H2,1-3H3. The van der Waals surface area contributed by atoms with Crippen LogP contribution < -0.4 is 5.73 Å². The van der Waals surface area contributed by atoms with Crippen LogP contribution in [-0.4, -0.2) is 22.1 Å². The number of nitrogens with two attached hydrogens (primary N) is 1. The lowest BCUT2D eigenvalue weighted by molar-refractivity contribution is 0.0521. The van der Waals surface area contributed by atoms with Crippen molar-refractivity contribution in [2.24, 2.45) is 0 Å². The molecule has 0 amide bonds. The Hall–Kier alpha value is -1.82. The first-order chi connectivity index (χ1) is 10.1. The highest BCUT2D eigenvalue weighted by atomic mass is 32.1. The summed E-state index contributed by atoms with van der Waals surface area (Å²) in [4.78, 5) is 17.5. The van der Waals surface area contributed by atoms with Crippen LogP contribution in [0.5, 0.6) is 0 Å². The zero-order valence-corrected chi connectivity index (χ0v) is 13.5.